The Morgan fingerprint density at radius 2 is 2.00 bits per heavy atom. The molecule has 0 atom stereocenters. The van der Waals surface area contributed by atoms with Crippen LogP contribution in [0.4, 0.5) is 18.9 Å². The number of hydrogen-bond donors (Lipinski definition) is 2. The quantitative estimate of drug-likeness (QED) is 0.459. The standard InChI is InChI=1S/C8H9F3N2S/c1-5-3-2-4-6(7(5)13-12)14-8(9,10)11/h2-4,13H,12H2,1H3. The summed E-state index contributed by atoms with van der Waals surface area (Å²) in [6, 6.07) is 4.63. The van der Waals surface area contributed by atoms with Crippen molar-refractivity contribution in [2.45, 2.75) is 17.3 Å². The molecule has 0 fully saturated rings. The molecule has 0 saturated heterocycles. The van der Waals surface area contributed by atoms with E-state index in [9.17, 15) is 13.2 Å². The molecule has 0 heterocycles. The molecule has 0 aromatic heterocycles. The van der Waals surface area contributed by atoms with Gasteiger partial charge in [-0.15, -0.1) is 0 Å². The molecule has 0 aliphatic carbocycles. The van der Waals surface area contributed by atoms with Gasteiger partial charge < -0.3 is 5.43 Å². The Labute approximate surface area is 83.6 Å². The molecule has 2 nitrogen and oxygen atoms in total. The van der Waals surface area contributed by atoms with Gasteiger partial charge in [-0.1, -0.05) is 12.1 Å². The fourth-order valence-electron chi connectivity index (χ4n) is 1.04. The molecule has 0 aliphatic heterocycles. The molecule has 0 bridgehead atoms. The second-order valence-electron chi connectivity index (χ2n) is 2.64. The molecule has 6 heteroatoms. The summed E-state index contributed by atoms with van der Waals surface area (Å²) in [5.41, 5.74) is -1.03. The first kappa shape index (κ1) is 11.2. The van der Waals surface area contributed by atoms with Crippen LogP contribution in [0.1, 0.15) is 5.56 Å². The molecule has 3 N–H and O–H groups in total. The summed E-state index contributed by atoms with van der Waals surface area (Å²) in [4.78, 5) is 0.0833. The van der Waals surface area contributed by atoms with Gasteiger partial charge in [0.2, 0.25) is 0 Å². The van der Waals surface area contributed by atoms with Gasteiger partial charge in [0.15, 0.2) is 0 Å². The van der Waals surface area contributed by atoms with E-state index in [4.69, 9.17) is 5.84 Å². The number of para-hydroxylation sites is 1. The Hall–Kier alpha value is -0.880. The molecule has 0 amide bonds. The van der Waals surface area contributed by atoms with Crippen LogP contribution in [-0.2, 0) is 0 Å². The minimum Gasteiger partial charge on any atom is -0.323 e. The fourth-order valence-corrected chi connectivity index (χ4v) is 1.75. The molecule has 0 unspecified atom stereocenters. The highest BCUT2D eigenvalue weighted by atomic mass is 32.2. The summed E-state index contributed by atoms with van der Waals surface area (Å²) in [5.74, 6) is 5.14. The van der Waals surface area contributed by atoms with Crippen molar-refractivity contribution in [1.82, 2.24) is 0 Å². The average molecular weight is 222 g/mol. The van der Waals surface area contributed by atoms with Crippen molar-refractivity contribution in [2.24, 2.45) is 5.84 Å². The van der Waals surface area contributed by atoms with Crippen LogP contribution >= 0.6 is 11.8 Å². The highest BCUT2D eigenvalue weighted by molar-refractivity contribution is 8.00. The smallest absolute Gasteiger partial charge is 0.323 e. The molecule has 1 rings (SSSR count). The second kappa shape index (κ2) is 4.10. The van der Waals surface area contributed by atoms with E-state index in [1.807, 2.05) is 0 Å². The third-order valence-electron chi connectivity index (χ3n) is 1.60. The van der Waals surface area contributed by atoms with Crippen molar-refractivity contribution in [3.63, 3.8) is 0 Å². The number of anilines is 1. The summed E-state index contributed by atoms with van der Waals surface area (Å²) >= 11 is -0.176. The number of aryl methyl sites for hydroxylation is 1. The molecule has 1 aromatic rings. The lowest BCUT2D eigenvalue weighted by Crippen LogP contribution is -2.10. The first-order valence-electron chi connectivity index (χ1n) is 3.76. The maximum absolute atomic E-state index is 12.1. The van der Waals surface area contributed by atoms with Crippen molar-refractivity contribution < 1.29 is 13.2 Å². The van der Waals surface area contributed by atoms with Crippen molar-refractivity contribution in [3.05, 3.63) is 23.8 Å². The van der Waals surface area contributed by atoms with Gasteiger partial charge in [0.1, 0.15) is 0 Å². The molecular formula is C8H9F3N2S. The molecule has 0 saturated carbocycles. The Balaban J connectivity index is 3.02. The average Bonchev–Trinajstić information content (AvgIpc) is 2.01. The highest BCUT2D eigenvalue weighted by Gasteiger charge is 2.30. The molecule has 0 spiro atoms. The fraction of sp³-hybridized carbons (Fsp3) is 0.250. The van der Waals surface area contributed by atoms with Crippen molar-refractivity contribution in [2.75, 3.05) is 5.43 Å². The number of hydrogen-bond acceptors (Lipinski definition) is 3. The molecular weight excluding hydrogens is 213 g/mol. The van der Waals surface area contributed by atoms with Crippen LogP contribution in [0.2, 0.25) is 0 Å². The maximum Gasteiger partial charge on any atom is 0.446 e. The van der Waals surface area contributed by atoms with Gasteiger partial charge in [-0.3, -0.25) is 5.84 Å². The Morgan fingerprint density at radius 3 is 2.50 bits per heavy atom. The van der Waals surface area contributed by atoms with Gasteiger partial charge in [-0.2, -0.15) is 13.2 Å². The van der Waals surface area contributed by atoms with E-state index in [0.717, 1.165) is 0 Å². The summed E-state index contributed by atoms with van der Waals surface area (Å²) in [6.07, 6.45) is 0. The van der Waals surface area contributed by atoms with Gasteiger partial charge in [0, 0.05) is 4.90 Å². The van der Waals surface area contributed by atoms with Crippen molar-refractivity contribution in [1.29, 1.82) is 0 Å². The summed E-state index contributed by atoms with van der Waals surface area (Å²) in [7, 11) is 0. The lowest BCUT2D eigenvalue weighted by molar-refractivity contribution is -0.0327. The third-order valence-corrected chi connectivity index (χ3v) is 2.40. The normalized spacial score (nSPS) is 11.5. The van der Waals surface area contributed by atoms with E-state index in [1.54, 1.807) is 19.1 Å². The topological polar surface area (TPSA) is 38.0 Å². The van der Waals surface area contributed by atoms with Crippen LogP contribution in [0.3, 0.4) is 0 Å². The Bertz CT molecular complexity index is 325. The number of alkyl halides is 3. The van der Waals surface area contributed by atoms with Crippen LogP contribution in [0.5, 0.6) is 0 Å². The number of benzene rings is 1. The number of hydrazine groups is 1. The number of thioether (sulfide) groups is 1. The first-order valence-corrected chi connectivity index (χ1v) is 4.57. The number of nitrogen functional groups attached to an aromatic ring is 1. The lowest BCUT2D eigenvalue weighted by atomic mass is 10.2. The van der Waals surface area contributed by atoms with Crippen LogP contribution in [0.25, 0.3) is 0 Å². The van der Waals surface area contributed by atoms with Gasteiger partial charge in [0.25, 0.3) is 0 Å². The Kier molecular flexibility index (Phi) is 3.28. The number of nitrogens with one attached hydrogen (secondary N) is 1. The zero-order valence-corrected chi connectivity index (χ0v) is 8.17. The zero-order valence-electron chi connectivity index (χ0n) is 7.35. The number of nitrogens with two attached hydrogens (primary N) is 1. The van der Waals surface area contributed by atoms with E-state index in [0.29, 0.717) is 11.3 Å². The van der Waals surface area contributed by atoms with Gasteiger partial charge >= 0.3 is 5.51 Å². The molecule has 78 valence electrons. The predicted molar refractivity (Wildman–Crippen MR) is 50.9 cm³/mol. The third kappa shape index (κ3) is 2.81. The van der Waals surface area contributed by atoms with Gasteiger partial charge in [-0.25, -0.2) is 0 Å². The van der Waals surface area contributed by atoms with Gasteiger partial charge in [-0.05, 0) is 30.3 Å². The monoisotopic (exact) mass is 222 g/mol. The summed E-state index contributed by atoms with van der Waals surface area (Å²) in [5, 5.41) is 0. The van der Waals surface area contributed by atoms with Crippen LogP contribution < -0.4 is 11.3 Å². The second-order valence-corrected chi connectivity index (χ2v) is 3.75. The minimum atomic E-state index is -4.29. The van der Waals surface area contributed by atoms with E-state index in [-0.39, 0.29) is 16.7 Å². The van der Waals surface area contributed by atoms with E-state index < -0.39 is 5.51 Å². The van der Waals surface area contributed by atoms with Crippen LogP contribution in [0, 0.1) is 6.92 Å². The summed E-state index contributed by atoms with van der Waals surface area (Å²) < 4.78 is 36.3. The maximum atomic E-state index is 12.1. The molecule has 1 aromatic carbocycles. The van der Waals surface area contributed by atoms with E-state index >= 15 is 0 Å². The van der Waals surface area contributed by atoms with Crippen LogP contribution in [-0.4, -0.2) is 5.51 Å². The van der Waals surface area contributed by atoms with Crippen molar-refractivity contribution >= 4 is 17.4 Å². The number of halogens is 3. The van der Waals surface area contributed by atoms with Crippen molar-refractivity contribution in [3.8, 4) is 0 Å². The number of rotatable bonds is 2. The van der Waals surface area contributed by atoms with E-state index in [1.165, 1.54) is 6.07 Å². The zero-order chi connectivity index (χ0) is 10.8. The molecule has 0 aliphatic rings. The highest BCUT2D eigenvalue weighted by Crippen LogP contribution is 2.40. The Morgan fingerprint density at radius 1 is 1.36 bits per heavy atom. The first-order chi connectivity index (χ1) is 6.44. The SMILES string of the molecule is Cc1cccc(SC(F)(F)F)c1NN. The predicted octanol–water partition coefficient (Wildman–Crippen LogP) is 2.89. The summed E-state index contributed by atoms with van der Waals surface area (Å²) in [6.45, 7) is 1.69. The largest absolute Gasteiger partial charge is 0.446 e. The molecule has 0 radical (unpaired) electrons. The van der Waals surface area contributed by atoms with E-state index in [2.05, 4.69) is 5.43 Å². The van der Waals surface area contributed by atoms with Gasteiger partial charge in [0.05, 0.1) is 5.69 Å². The molecule has 14 heavy (non-hydrogen) atoms. The lowest BCUT2D eigenvalue weighted by Gasteiger charge is -2.12. The minimum absolute atomic E-state index is 0.0833. The van der Waals surface area contributed by atoms with Crippen LogP contribution in [0.15, 0.2) is 23.1 Å².